The summed E-state index contributed by atoms with van der Waals surface area (Å²) in [6.07, 6.45) is 2.95. The Bertz CT molecular complexity index is 341. The van der Waals surface area contributed by atoms with Gasteiger partial charge in [-0.15, -0.1) is 0 Å². The zero-order valence-corrected chi connectivity index (χ0v) is 9.95. The highest BCUT2D eigenvalue weighted by molar-refractivity contribution is 5.76. The Balaban J connectivity index is 2.72. The molecule has 4 heteroatoms. The lowest BCUT2D eigenvalue weighted by molar-refractivity contribution is -0.118. The lowest BCUT2D eigenvalue weighted by Gasteiger charge is -2.22. The van der Waals surface area contributed by atoms with Crippen molar-refractivity contribution in [3.05, 3.63) is 12.2 Å². The molecule has 0 amide bonds. The number of nitrogens with zero attached hydrogens (tertiary/aromatic N) is 3. The molecule has 84 valence electrons. The summed E-state index contributed by atoms with van der Waals surface area (Å²) < 4.78 is 1.88. The molecule has 15 heavy (non-hydrogen) atoms. The van der Waals surface area contributed by atoms with Crippen LogP contribution in [0.25, 0.3) is 0 Å². The van der Waals surface area contributed by atoms with E-state index in [2.05, 4.69) is 23.9 Å². The van der Waals surface area contributed by atoms with Crippen molar-refractivity contribution in [2.75, 3.05) is 0 Å². The third-order valence-electron chi connectivity index (χ3n) is 2.36. The van der Waals surface area contributed by atoms with Crippen LogP contribution in [-0.2, 0) is 17.8 Å². The number of carbonyl (C=O) groups is 1. The van der Waals surface area contributed by atoms with Crippen LogP contribution in [0.2, 0.25) is 0 Å². The lowest BCUT2D eigenvalue weighted by Crippen LogP contribution is -2.21. The van der Waals surface area contributed by atoms with Gasteiger partial charge in [0, 0.05) is 19.4 Å². The molecule has 0 bridgehead atoms. The third-order valence-corrected chi connectivity index (χ3v) is 2.36. The van der Waals surface area contributed by atoms with Crippen LogP contribution >= 0.6 is 0 Å². The molecule has 0 unspecified atom stereocenters. The molecule has 1 aromatic rings. The molecule has 0 atom stereocenters. The molecule has 0 radical (unpaired) electrons. The van der Waals surface area contributed by atoms with Gasteiger partial charge in [0.2, 0.25) is 0 Å². The summed E-state index contributed by atoms with van der Waals surface area (Å²) >= 11 is 0. The minimum atomic E-state index is -0.0359. The first-order valence-electron chi connectivity index (χ1n) is 5.31. The Morgan fingerprint density at radius 1 is 1.53 bits per heavy atom. The maximum Gasteiger partial charge on any atom is 0.138 e. The van der Waals surface area contributed by atoms with E-state index in [-0.39, 0.29) is 11.2 Å². The summed E-state index contributed by atoms with van der Waals surface area (Å²) in [5, 5.41) is 4.12. The van der Waals surface area contributed by atoms with Crippen LogP contribution in [0.1, 0.15) is 39.9 Å². The number of rotatable bonds is 5. The molecule has 0 aromatic carbocycles. The van der Waals surface area contributed by atoms with Crippen molar-refractivity contribution in [2.24, 2.45) is 5.41 Å². The largest absolute Gasteiger partial charge is 0.300 e. The monoisotopic (exact) mass is 209 g/mol. The van der Waals surface area contributed by atoms with E-state index in [1.165, 1.54) is 0 Å². The van der Waals surface area contributed by atoms with Gasteiger partial charge in [0.25, 0.3) is 0 Å². The van der Waals surface area contributed by atoms with E-state index < -0.39 is 0 Å². The molecule has 0 fully saturated rings. The molecule has 0 saturated carbocycles. The van der Waals surface area contributed by atoms with Crippen molar-refractivity contribution in [2.45, 2.75) is 47.1 Å². The fourth-order valence-corrected chi connectivity index (χ4v) is 1.85. The number of carbonyl (C=O) groups excluding carboxylic acids is 1. The van der Waals surface area contributed by atoms with E-state index >= 15 is 0 Å². The second-order valence-corrected chi connectivity index (χ2v) is 4.71. The molecule has 1 heterocycles. The first-order valence-corrected chi connectivity index (χ1v) is 5.31. The quantitative estimate of drug-likeness (QED) is 0.743. The lowest BCUT2D eigenvalue weighted by atomic mass is 9.84. The predicted octanol–water partition coefficient (Wildman–Crippen LogP) is 1.85. The molecule has 0 N–H and O–H groups in total. The average Bonchev–Trinajstić information content (AvgIpc) is 2.48. The summed E-state index contributed by atoms with van der Waals surface area (Å²) in [6, 6.07) is 0. The molecule has 1 rings (SSSR count). The first kappa shape index (κ1) is 11.9. The van der Waals surface area contributed by atoms with Gasteiger partial charge in [-0.3, -0.25) is 4.68 Å². The normalized spacial score (nSPS) is 11.7. The highest BCUT2D eigenvalue weighted by Crippen LogP contribution is 2.25. The minimum Gasteiger partial charge on any atom is -0.300 e. The fraction of sp³-hybridized carbons (Fsp3) is 0.727. The van der Waals surface area contributed by atoms with E-state index in [0.29, 0.717) is 6.42 Å². The Kier molecular flexibility index (Phi) is 3.61. The van der Waals surface area contributed by atoms with Gasteiger partial charge < -0.3 is 4.79 Å². The molecule has 0 aliphatic carbocycles. The molecule has 0 saturated heterocycles. The highest BCUT2D eigenvalue weighted by atomic mass is 16.1. The van der Waals surface area contributed by atoms with E-state index in [4.69, 9.17) is 0 Å². The van der Waals surface area contributed by atoms with Crippen molar-refractivity contribution in [3.63, 3.8) is 0 Å². The van der Waals surface area contributed by atoms with Gasteiger partial charge in [-0.05, 0) is 19.3 Å². The molecule has 0 spiro atoms. The van der Waals surface area contributed by atoms with Crippen molar-refractivity contribution in [1.29, 1.82) is 0 Å². The van der Waals surface area contributed by atoms with Crippen LogP contribution in [0.4, 0.5) is 0 Å². The molecule has 4 nitrogen and oxygen atoms in total. The third kappa shape index (κ3) is 3.46. The van der Waals surface area contributed by atoms with Crippen molar-refractivity contribution in [1.82, 2.24) is 14.8 Å². The fourth-order valence-electron chi connectivity index (χ4n) is 1.85. The topological polar surface area (TPSA) is 47.8 Å². The van der Waals surface area contributed by atoms with Crippen molar-refractivity contribution in [3.8, 4) is 0 Å². The summed E-state index contributed by atoms with van der Waals surface area (Å²) in [7, 11) is 0. The predicted molar refractivity (Wildman–Crippen MR) is 58.5 cm³/mol. The maximum absolute atomic E-state index is 11.1. The molecular formula is C11H19N3O. The van der Waals surface area contributed by atoms with Crippen LogP contribution in [0.3, 0.4) is 0 Å². The summed E-state index contributed by atoms with van der Waals surface area (Å²) in [5.41, 5.74) is -0.0359. The van der Waals surface area contributed by atoms with Crippen molar-refractivity contribution >= 4 is 5.78 Å². The van der Waals surface area contributed by atoms with E-state index in [9.17, 15) is 4.79 Å². The Labute approximate surface area is 90.7 Å². The van der Waals surface area contributed by atoms with Gasteiger partial charge in [-0.25, -0.2) is 4.98 Å². The van der Waals surface area contributed by atoms with Gasteiger partial charge in [0.15, 0.2) is 0 Å². The van der Waals surface area contributed by atoms with Crippen LogP contribution in [0.15, 0.2) is 6.33 Å². The average molecular weight is 209 g/mol. The van der Waals surface area contributed by atoms with Crippen molar-refractivity contribution < 1.29 is 4.79 Å². The second kappa shape index (κ2) is 4.55. The smallest absolute Gasteiger partial charge is 0.138 e. The van der Waals surface area contributed by atoms with Crippen LogP contribution in [-0.4, -0.2) is 20.5 Å². The van der Waals surface area contributed by atoms with Gasteiger partial charge in [0.05, 0.1) is 0 Å². The first-order chi connectivity index (χ1) is 6.94. The molecular weight excluding hydrogens is 190 g/mol. The number of hydrogen-bond acceptors (Lipinski definition) is 3. The Hall–Kier alpha value is -1.19. The second-order valence-electron chi connectivity index (χ2n) is 4.71. The van der Waals surface area contributed by atoms with E-state index in [1.807, 2.05) is 11.6 Å². The molecule has 1 aromatic heterocycles. The number of ketones is 1. The van der Waals surface area contributed by atoms with Gasteiger partial charge >= 0.3 is 0 Å². The Morgan fingerprint density at radius 3 is 2.73 bits per heavy atom. The molecule has 0 aliphatic heterocycles. The standard InChI is InChI=1S/C11H19N3O/c1-5-14-10(12-8-13-14)7-11(3,4)6-9(2)15/h8H,5-7H2,1-4H3. The Morgan fingerprint density at radius 2 is 2.20 bits per heavy atom. The van der Waals surface area contributed by atoms with Gasteiger partial charge in [-0.1, -0.05) is 13.8 Å². The number of aromatic nitrogens is 3. The number of hydrogen-bond donors (Lipinski definition) is 0. The summed E-state index contributed by atoms with van der Waals surface area (Å²) in [5.74, 6) is 1.19. The number of aryl methyl sites for hydroxylation is 1. The molecule has 0 aliphatic rings. The van der Waals surface area contributed by atoms with Crippen LogP contribution < -0.4 is 0 Å². The zero-order valence-electron chi connectivity index (χ0n) is 9.95. The minimum absolute atomic E-state index is 0.0359. The maximum atomic E-state index is 11.1. The summed E-state index contributed by atoms with van der Waals surface area (Å²) in [6.45, 7) is 8.67. The van der Waals surface area contributed by atoms with E-state index in [0.717, 1.165) is 18.8 Å². The van der Waals surface area contributed by atoms with Gasteiger partial charge in [0.1, 0.15) is 17.9 Å². The van der Waals surface area contributed by atoms with Gasteiger partial charge in [-0.2, -0.15) is 5.10 Å². The van der Waals surface area contributed by atoms with Crippen LogP contribution in [0.5, 0.6) is 0 Å². The van der Waals surface area contributed by atoms with E-state index in [1.54, 1.807) is 13.3 Å². The SMILES string of the molecule is CCn1ncnc1CC(C)(C)CC(C)=O. The van der Waals surface area contributed by atoms with Crippen LogP contribution in [0, 0.1) is 5.41 Å². The zero-order chi connectivity index (χ0) is 11.5. The highest BCUT2D eigenvalue weighted by Gasteiger charge is 2.23. The summed E-state index contributed by atoms with van der Waals surface area (Å²) in [4.78, 5) is 15.3. The number of Topliss-reactive ketones (excluding diaryl/α,β-unsaturated/α-hetero) is 1.